The van der Waals surface area contributed by atoms with Gasteiger partial charge in [-0.1, -0.05) is 4.49 Å². The molecule has 1 rings (SSSR count). The first-order valence-electron chi connectivity index (χ1n) is 3.12. The van der Waals surface area contributed by atoms with Crippen LogP contribution < -0.4 is 0 Å². The van der Waals surface area contributed by atoms with E-state index in [1.165, 1.54) is 0 Å². The quantitative estimate of drug-likeness (QED) is 0.759. The summed E-state index contributed by atoms with van der Waals surface area (Å²) in [4.78, 5) is 10.4. The molecule has 0 spiro atoms. The molecule has 0 bridgehead atoms. The average Bonchev–Trinajstić information content (AvgIpc) is 2.31. The zero-order chi connectivity index (χ0) is 10.1. The van der Waals surface area contributed by atoms with Crippen molar-refractivity contribution in [1.82, 2.24) is 9.59 Å². The standard InChI is InChI=1S/C5H6N2O4S2/c1-13(10,11)2-3-4(5(8)9)12-7-6-3/h2H2,1H3,(H,8,9). The van der Waals surface area contributed by atoms with Gasteiger partial charge in [0.2, 0.25) is 0 Å². The fraction of sp³-hybridized carbons (Fsp3) is 0.400. The third-order valence-corrected chi connectivity index (χ3v) is 2.70. The van der Waals surface area contributed by atoms with Crippen LogP contribution in [-0.2, 0) is 15.6 Å². The monoisotopic (exact) mass is 222 g/mol. The summed E-state index contributed by atoms with van der Waals surface area (Å²) in [5.74, 6) is -1.58. The molecule has 0 aromatic carbocycles. The maximum atomic E-state index is 10.8. The smallest absolute Gasteiger partial charge is 0.349 e. The van der Waals surface area contributed by atoms with E-state index in [-0.39, 0.29) is 16.3 Å². The molecule has 0 radical (unpaired) electrons. The summed E-state index contributed by atoms with van der Waals surface area (Å²) < 4.78 is 25.0. The third-order valence-electron chi connectivity index (χ3n) is 1.15. The molecular formula is C5H6N2O4S2. The largest absolute Gasteiger partial charge is 0.477 e. The highest BCUT2D eigenvalue weighted by Crippen LogP contribution is 2.12. The lowest BCUT2D eigenvalue weighted by Crippen LogP contribution is -2.06. The SMILES string of the molecule is CS(=O)(=O)Cc1nnsc1C(=O)O. The maximum Gasteiger partial charge on any atom is 0.349 e. The number of aromatic carboxylic acids is 1. The summed E-state index contributed by atoms with van der Waals surface area (Å²) in [5.41, 5.74) is 0.000000000000000222. The topological polar surface area (TPSA) is 97.2 Å². The molecule has 0 fully saturated rings. The minimum Gasteiger partial charge on any atom is -0.477 e. The average molecular weight is 222 g/mol. The van der Waals surface area contributed by atoms with Crippen LogP contribution in [0.1, 0.15) is 15.4 Å². The molecule has 1 heterocycles. The summed E-state index contributed by atoms with van der Waals surface area (Å²) in [5, 5.41) is 12.0. The molecule has 1 aromatic heterocycles. The lowest BCUT2D eigenvalue weighted by atomic mass is 10.4. The Kier molecular flexibility index (Phi) is 2.62. The van der Waals surface area contributed by atoms with Gasteiger partial charge in [-0.15, -0.1) is 5.10 Å². The van der Waals surface area contributed by atoms with Crippen LogP contribution in [0.15, 0.2) is 0 Å². The Labute approximate surface area is 78.3 Å². The maximum absolute atomic E-state index is 10.8. The van der Waals surface area contributed by atoms with Gasteiger partial charge in [0.15, 0.2) is 14.7 Å². The summed E-state index contributed by atoms with van der Waals surface area (Å²) in [6.07, 6.45) is 1.01. The van der Waals surface area contributed by atoms with Crippen molar-refractivity contribution in [3.8, 4) is 0 Å². The van der Waals surface area contributed by atoms with Crippen LogP contribution >= 0.6 is 11.5 Å². The molecule has 0 aliphatic rings. The van der Waals surface area contributed by atoms with Gasteiger partial charge in [-0.05, 0) is 11.5 Å². The molecule has 72 valence electrons. The Balaban J connectivity index is 3.02. The number of carbonyl (C=O) groups is 1. The van der Waals surface area contributed by atoms with Crippen LogP contribution in [0.25, 0.3) is 0 Å². The van der Waals surface area contributed by atoms with Gasteiger partial charge in [0.1, 0.15) is 5.69 Å². The Bertz CT molecular complexity index is 421. The molecule has 0 aliphatic carbocycles. The van der Waals surface area contributed by atoms with Crippen molar-refractivity contribution in [3.05, 3.63) is 10.6 Å². The minimum atomic E-state index is -3.26. The second-order valence-electron chi connectivity index (χ2n) is 2.42. The van der Waals surface area contributed by atoms with Gasteiger partial charge in [0.05, 0.1) is 5.75 Å². The van der Waals surface area contributed by atoms with E-state index in [1.54, 1.807) is 0 Å². The Morgan fingerprint density at radius 2 is 2.23 bits per heavy atom. The Morgan fingerprint density at radius 1 is 1.62 bits per heavy atom. The van der Waals surface area contributed by atoms with Crippen molar-refractivity contribution in [1.29, 1.82) is 0 Å². The molecule has 6 nitrogen and oxygen atoms in total. The lowest BCUT2D eigenvalue weighted by Gasteiger charge is -1.93. The van der Waals surface area contributed by atoms with Gasteiger partial charge < -0.3 is 5.11 Å². The van der Waals surface area contributed by atoms with E-state index < -0.39 is 15.8 Å². The number of carboxylic acids is 1. The number of hydrogen-bond donors (Lipinski definition) is 1. The summed E-state index contributed by atoms with van der Waals surface area (Å²) in [6.45, 7) is 0. The molecule has 0 atom stereocenters. The minimum absolute atomic E-state index is 0.000000000000000222. The Hall–Kier alpha value is -1.02. The van der Waals surface area contributed by atoms with Gasteiger partial charge in [-0.3, -0.25) is 0 Å². The second-order valence-corrected chi connectivity index (χ2v) is 5.32. The molecule has 1 aromatic rings. The molecule has 0 saturated heterocycles. The molecule has 0 unspecified atom stereocenters. The van der Waals surface area contributed by atoms with Crippen molar-refractivity contribution in [2.75, 3.05) is 6.26 Å². The predicted molar refractivity (Wildman–Crippen MR) is 45.4 cm³/mol. The van der Waals surface area contributed by atoms with E-state index >= 15 is 0 Å². The summed E-state index contributed by atoms with van der Waals surface area (Å²) >= 11 is 0.673. The van der Waals surface area contributed by atoms with Crippen LogP contribution in [0.4, 0.5) is 0 Å². The van der Waals surface area contributed by atoms with Crippen molar-refractivity contribution in [2.45, 2.75) is 5.75 Å². The number of hydrogen-bond acceptors (Lipinski definition) is 6. The van der Waals surface area contributed by atoms with E-state index in [4.69, 9.17) is 5.11 Å². The van der Waals surface area contributed by atoms with Gasteiger partial charge >= 0.3 is 5.97 Å². The number of sulfone groups is 1. The lowest BCUT2D eigenvalue weighted by molar-refractivity contribution is 0.0701. The van der Waals surface area contributed by atoms with Crippen LogP contribution in [0.5, 0.6) is 0 Å². The van der Waals surface area contributed by atoms with E-state index in [2.05, 4.69) is 9.59 Å². The highest BCUT2D eigenvalue weighted by atomic mass is 32.2. The molecule has 1 N–H and O–H groups in total. The zero-order valence-corrected chi connectivity index (χ0v) is 8.22. The first-order valence-corrected chi connectivity index (χ1v) is 5.96. The second kappa shape index (κ2) is 3.38. The van der Waals surface area contributed by atoms with E-state index in [0.29, 0.717) is 11.5 Å². The molecule has 8 heteroatoms. The van der Waals surface area contributed by atoms with Crippen molar-refractivity contribution < 1.29 is 18.3 Å². The first-order chi connectivity index (χ1) is 5.90. The van der Waals surface area contributed by atoms with Crippen LogP contribution in [0, 0.1) is 0 Å². The number of nitrogens with zero attached hydrogens (tertiary/aromatic N) is 2. The van der Waals surface area contributed by atoms with Crippen LogP contribution in [-0.4, -0.2) is 35.3 Å². The molecule has 13 heavy (non-hydrogen) atoms. The highest BCUT2D eigenvalue weighted by molar-refractivity contribution is 7.89. The summed E-state index contributed by atoms with van der Waals surface area (Å²) in [7, 11) is -3.26. The predicted octanol–water partition coefficient (Wildman–Crippen LogP) is -0.219. The van der Waals surface area contributed by atoms with Crippen LogP contribution in [0.2, 0.25) is 0 Å². The van der Waals surface area contributed by atoms with Crippen molar-refractivity contribution in [2.24, 2.45) is 0 Å². The third kappa shape index (κ3) is 2.74. The zero-order valence-electron chi connectivity index (χ0n) is 6.59. The van der Waals surface area contributed by atoms with Crippen LogP contribution in [0.3, 0.4) is 0 Å². The molecule has 0 saturated carbocycles. The number of aromatic nitrogens is 2. The van der Waals surface area contributed by atoms with E-state index in [9.17, 15) is 13.2 Å². The Morgan fingerprint density at radius 3 is 2.69 bits per heavy atom. The molecule has 0 aliphatic heterocycles. The number of carboxylic acid groups (broad SMARTS) is 1. The van der Waals surface area contributed by atoms with Gasteiger partial charge in [0.25, 0.3) is 0 Å². The molecular weight excluding hydrogens is 216 g/mol. The molecule has 0 amide bonds. The fourth-order valence-corrected chi connectivity index (χ4v) is 2.02. The highest BCUT2D eigenvalue weighted by Gasteiger charge is 2.18. The number of rotatable bonds is 3. The van der Waals surface area contributed by atoms with E-state index in [1.807, 2.05) is 0 Å². The van der Waals surface area contributed by atoms with E-state index in [0.717, 1.165) is 6.26 Å². The van der Waals surface area contributed by atoms with Gasteiger partial charge in [-0.25, -0.2) is 13.2 Å². The normalized spacial score (nSPS) is 11.5. The van der Waals surface area contributed by atoms with Gasteiger partial charge in [-0.2, -0.15) is 0 Å². The first kappa shape index (κ1) is 10.1. The fourth-order valence-electron chi connectivity index (χ4n) is 0.714. The van der Waals surface area contributed by atoms with Crippen molar-refractivity contribution in [3.63, 3.8) is 0 Å². The summed E-state index contributed by atoms with van der Waals surface area (Å²) in [6, 6.07) is 0. The van der Waals surface area contributed by atoms with Gasteiger partial charge in [0, 0.05) is 6.26 Å². The van der Waals surface area contributed by atoms with Crippen molar-refractivity contribution >= 4 is 27.3 Å².